The van der Waals surface area contributed by atoms with Crippen molar-refractivity contribution in [2.75, 3.05) is 0 Å². The Morgan fingerprint density at radius 1 is 1.25 bits per heavy atom. The largest absolute Gasteiger partial charge is 0.149 e. The molecular formula is C11H16S. The molecule has 1 heteroatoms. The van der Waals surface area contributed by atoms with Crippen LogP contribution >= 0.6 is 11.3 Å². The monoisotopic (exact) mass is 180 g/mol. The lowest BCUT2D eigenvalue weighted by Gasteiger charge is -2.04. The topological polar surface area (TPSA) is 0 Å². The second kappa shape index (κ2) is 3.21. The van der Waals surface area contributed by atoms with Gasteiger partial charge in [0.25, 0.3) is 0 Å². The van der Waals surface area contributed by atoms with Gasteiger partial charge in [-0.3, -0.25) is 0 Å². The van der Waals surface area contributed by atoms with Crippen LogP contribution in [-0.2, 0) is 0 Å². The summed E-state index contributed by atoms with van der Waals surface area (Å²) in [6.45, 7) is 4.77. The summed E-state index contributed by atoms with van der Waals surface area (Å²) in [4.78, 5) is 1.60. The first-order chi connectivity index (χ1) is 5.77. The lowest BCUT2D eigenvalue weighted by Crippen LogP contribution is -1.95. The molecule has 0 saturated heterocycles. The second-order valence-electron chi connectivity index (χ2n) is 4.14. The summed E-state index contributed by atoms with van der Waals surface area (Å²) in [5.41, 5.74) is 0. The summed E-state index contributed by atoms with van der Waals surface area (Å²) < 4.78 is 0. The minimum atomic E-state index is 0.870. The van der Waals surface area contributed by atoms with Gasteiger partial charge < -0.3 is 0 Å². The molecule has 2 atom stereocenters. The van der Waals surface area contributed by atoms with Crippen LogP contribution in [0.15, 0.2) is 17.5 Å². The molecular weight excluding hydrogens is 164 g/mol. The van der Waals surface area contributed by atoms with Gasteiger partial charge in [-0.15, -0.1) is 11.3 Å². The zero-order valence-corrected chi connectivity index (χ0v) is 8.60. The van der Waals surface area contributed by atoms with Crippen LogP contribution in [-0.4, -0.2) is 0 Å². The van der Waals surface area contributed by atoms with Gasteiger partial charge in [-0.2, -0.15) is 0 Å². The van der Waals surface area contributed by atoms with Gasteiger partial charge in [-0.25, -0.2) is 0 Å². The fourth-order valence-electron chi connectivity index (χ4n) is 2.21. The zero-order chi connectivity index (χ0) is 8.55. The number of thiophene rings is 1. The average molecular weight is 180 g/mol. The maximum atomic E-state index is 2.39. The van der Waals surface area contributed by atoms with Crippen LogP contribution in [0.5, 0.6) is 0 Å². The van der Waals surface area contributed by atoms with Gasteiger partial charge in [-0.1, -0.05) is 19.9 Å². The smallest absolute Gasteiger partial charge is 0.00763 e. The minimum absolute atomic E-state index is 0.870. The SMILES string of the molecule is CC1CC(c2cccs2)CC1C. The molecule has 0 aliphatic heterocycles. The van der Waals surface area contributed by atoms with Crippen molar-refractivity contribution >= 4 is 11.3 Å². The highest BCUT2D eigenvalue weighted by Crippen LogP contribution is 2.43. The van der Waals surface area contributed by atoms with E-state index < -0.39 is 0 Å². The van der Waals surface area contributed by atoms with Crippen LogP contribution in [0.3, 0.4) is 0 Å². The molecule has 2 unspecified atom stereocenters. The van der Waals surface area contributed by atoms with E-state index in [0.717, 1.165) is 17.8 Å². The van der Waals surface area contributed by atoms with Crippen LogP contribution in [0.4, 0.5) is 0 Å². The van der Waals surface area contributed by atoms with Crippen molar-refractivity contribution in [3.05, 3.63) is 22.4 Å². The van der Waals surface area contributed by atoms with Gasteiger partial charge in [0, 0.05) is 4.88 Å². The Bertz CT molecular complexity index is 228. The second-order valence-corrected chi connectivity index (χ2v) is 5.12. The summed E-state index contributed by atoms with van der Waals surface area (Å²) in [6, 6.07) is 4.47. The van der Waals surface area contributed by atoms with Crippen LogP contribution in [0.25, 0.3) is 0 Å². The fraction of sp³-hybridized carbons (Fsp3) is 0.636. The summed E-state index contributed by atoms with van der Waals surface area (Å²) in [7, 11) is 0. The van der Waals surface area contributed by atoms with E-state index in [-0.39, 0.29) is 0 Å². The Balaban J connectivity index is 2.09. The molecule has 1 heterocycles. The van der Waals surface area contributed by atoms with E-state index in [1.54, 1.807) is 4.88 Å². The van der Waals surface area contributed by atoms with E-state index in [2.05, 4.69) is 31.4 Å². The number of rotatable bonds is 1. The molecule has 0 radical (unpaired) electrons. The molecule has 1 aliphatic rings. The Hall–Kier alpha value is -0.300. The van der Waals surface area contributed by atoms with Crippen molar-refractivity contribution in [2.24, 2.45) is 11.8 Å². The van der Waals surface area contributed by atoms with Gasteiger partial charge in [0.05, 0.1) is 0 Å². The normalized spacial score (nSPS) is 35.7. The van der Waals surface area contributed by atoms with Crippen molar-refractivity contribution in [1.29, 1.82) is 0 Å². The predicted molar refractivity (Wildman–Crippen MR) is 54.6 cm³/mol. The summed E-state index contributed by atoms with van der Waals surface area (Å²) in [6.07, 6.45) is 2.81. The summed E-state index contributed by atoms with van der Waals surface area (Å²) >= 11 is 1.92. The zero-order valence-electron chi connectivity index (χ0n) is 7.79. The molecule has 0 spiro atoms. The molecule has 0 N–H and O–H groups in total. The van der Waals surface area contributed by atoms with E-state index >= 15 is 0 Å². The first-order valence-corrected chi connectivity index (χ1v) is 5.68. The standard InChI is InChI=1S/C11H16S/c1-8-6-10(7-9(8)2)11-4-3-5-12-11/h3-5,8-10H,6-7H2,1-2H3. The van der Waals surface area contributed by atoms with Gasteiger partial charge >= 0.3 is 0 Å². The molecule has 1 saturated carbocycles. The first-order valence-electron chi connectivity index (χ1n) is 4.80. The van der Waals surface area contributed by atoms with Crippen molar-refractivity contribution in [1.82, 2.24) is 0 Å². The highest BCUT2D eigenvalue weighted by molar-refractivity contribution is 7.10. The lowest BCUT2D eigenvalue weighted by atomic mass is 10.0. The Morgan fingerprint density at radius 2 is 1.92 bits per heavy atom. The predicted octanol–water partition coefficient (Wildman–Crippen LogP) is 3.90. The average Bonchev–Trinajstić information content (AvgIpc) is 2.61. The van der Waals surface area contributed by atoms with Crippen molar-refractivity contribution in [3.63, 3.8) is 0 Å². The highest BCUT2D eigenvalue weighted by atomic mass is 32.1. The van der Waals surface area contributed by atoms with Gasteiger partial charge in [0.15, 0.2) is 0 Å². The highest BCUT2D eigenvalue weighted by Gasteiger charge is 2.29. The van der Waals surface area contributed by atoms with Gasteiger partial charge in [0.1, 0.15) is 0 Å². The number of hydrogen-bond acceptors (Lipinski definition) is 1. The molecule has 12 heavy (non-hydrogen) atoms. The van der Waals surface area contributed by atoms with Gasteiger partial charge in [-0.05, 0) is 42.0 Å². The molecule has 0 bridgehead atoms. The van der Waals surface area contributed by atoms with Crippen molar-refractivity contribution in [3.8, 4) is 0 Å². The van der Waals surface area contributed by atoms with Crippen LogP contribution < -0.4 is 0 Å². The fourth-order valence-corrected chi connectivity index (χ4v) is 3.07. The Kier molecular flexibility index (Phi) is 2.22. The molecule has 0 aromatic carbocycles. The van der Waals surface area contributed by atoms with Crippen LogP contribution in [0, 0.1) is 11.8 Å². The van der Waals surface area contributed by atoms with Crippen molar-refractivity contribution < 1.29 is 0 Å². The maximum Gasteiger partial charge on any atom is 0.00763 e. The Morgan fingerprint density at radius 3 is 2.42 bits per heavy atom. The van der Waals surface area contributed by atoms with Crippen LogP contribution in [0.2, 0.25) is 0 Å². The van der Waals surface area contributed by atoms with E-state index in [4.69, 9.17) is 0 Å². The van der Waals surface area contributed by atoms with E-state index in [1.165, 1.54) is 12.8 Å². The van der Waals surface area contributed by atoms with Gasteiger partial charge in [0.2, 0.25) is 0 Å². The summed E-state index contributed by atoms with van der Waals surface area (Å²) in [5.74, 6) is 2.73. The first kappa shape index (κ1) is 8.31. The molecule has 1 aliphatic carbocycles. The minimum Gasteiger partial charge on any atom is -0.149 e. The van der Waals surface area contributed by atoms with E-state index in [0.29, 0.717) is 0 Å². The van der Waals surface area contributed by atoms with Crippen LogP contribution in [0.1, 0.15) is 37.5 Å². The Labute approximate surface area is 78.6 Å². The third-order valence-corrected chi connectivity index (χ3v) is 4.26. The molecule has 1 aromatic heterocycles. The molecule has 0 nitrogen and oxygen atoms in total. The lowest BCUT2D eigenvalue weighted by molar-refractivity contribution is 0.457. The van der Waals surface area contributed by atoms with Crippen molar-refractivity contribution in [2.45, 2.75) is 32.6 Å². The number of hydrogen-bond donors (Lipinski definition) is 0. The molecule has 1 fully saturated rings. The summed E-state index contributed by atoms with van der Waals surface area (Å²) in [5, 5.41) is 2.20. The quantitative estimate of drug-likeness (QED) is 0.615. The third kappa shape index (κ3) is 1.42. The molecule has 2 rings (SSSR count). The molecule has 0 amide bonds. The van der Waals surface area contributed by atoms with E-state index in [9.17, 15) is 0 Å². The third-order valence-electron chi connectivity index (χ3n) is 3.23. The molecule has 1 aromatic rings. The molecule has 66 valence electrons. The van der Waals surface area contributed by atoms with E-state index in [1.807, 2.05) is 11.3 Å². The maximum absolute atomic E-state index is 2.39.